The van der Waals surface area contributed by atoms with Gasteiger partial charge in [-0.3, -0.25) is 4.79 Å². The van der Waals surface area contributed by atoms with Gasteiger partial charge in [0.1, 0.15) is 5.65 Å². The Balaban J connectivity index is 2.17. The first kappa shape index (κ1) is 10.2. The van der Waals surface area contributed by atoms with Crippen molar-refractivity contribution in [1.29, 1.82) is 0 Å². The van der Waals surface area contributed by atoms with Crippen molar-refractivity contribution in [2.24, 2.45) is 0 Å². The predicted octanol–water partition coefficient (Wildman–Crippen LogP) is 3.16. The van der Waals surface area contributed by atoms with E-state index in [0.29, 0.717) is 5.56 Å². The van der Waals surface area contributed by atoms with E-state index in [0.717, 1.165) is 22.2 Å². The van der Waals surface area contributed by atoms with Gasteiger partial charge in [0, 0.05) is 34.3 Å². The van der Waals surface area contributed by atoms with Gasteiger partial charge in [-0.1, -0.05) is 0 Å². The van der Waals surface area contributed by atoms with Crippen LogP contribution in [0.25, 0.3) is 11.0 Å². The maximum Gasteiger partial charge on any atom is 0.196 e. The molecule has 3 aromatic rings. The van der Waals surface area contributed by atoms with E-state index < -0.39 is 0 Å². The maximum absolute atomic E-state index is 12.4. The van der Waals surface area contributed by atoms with Crippen molar-refractivity contribution >= 4 is 28.2 Å². The fourth-order valence-corrected chi connectivity index (χ4v) is 2.71. The van der Waals surface area contributed by atoms with Gasteiger partial charge in [0.25, 0.3) is 0 Å². The number of aromatic amines is 1. The number of hydrogen-bond donors (Lipinski definition) is 1. The number of fused-ring (bicyclic) bond motifs is 1. The van der Waals surface area contributed by atoms with Crippen LogP contribution < -0.4 is 0 Å². The SMILES string of the molecule is Cc1cscc1C(=O)c1c[nH]c2ncccc12. The number of nitrogens with one attached hydrogen (secondary N) is 1. The number of ketones is 1. The highest BCUT2D eigenvalue weighted by Gasteiger charge is 2.16. The molecule has 0 fully saturated rings. The van der Waals surface area contributed by atoms with Crippen molar-refractivity contribution in [3.8, 4) is 0 Å². The van der Waals surface area contributed by atoms with E-state index >= 15 is 0 Å². The van der Waals surface area contributed by atoms with Crippen LogP contribution in [0.5, 0.6) is 0 Å². The average molecular weight is 242 g/mol. The van der Waals surface area contributed by atoms with Gasteiger partial charge in [0.2, 0.25) is 0 Å². The van der Waals surface area contributed by atoms with Gasteiger partial charge in [-0.05, 0) is 30.0 Å². The van der Waals surface area contributed by atoms with Crippen LogP contribution in [0, 0.1) is 6.92 Å². The first-order valence-electron chi connectivity index (χ1n) is 5.27. The first-order valence-corrected chi connectivity index (χ1v) is 6.21. The zero-order valence-electron chi connectivity index (χ0n) is 9.23. The lowest BCUT2D eigenvalue weighted by Gasteiger charge is -1.97. The Morgan fingerprint density at radius 1 is 1.35 bits per heavy atom. The highest BCUT2D eigenvalue weighted by atomic mass is 32.1. The third-order valence-electron chi connectivity index (χ3n) is 2.80. The van der Waals surface area contributed by atoms with E-state index in [1.54, 1.807) is 23.7 Å². The fourth-order valence-electron chi connectivity index (χ4n) is 1.88. The molecule has 0 radical (unpaired) electrons. The number of carbonyl (C=O) groups excluding carboxylic acids is 1. The lowest BCUT2D eigenvalue weighted by Crippen LogP contribution is -2.00. The molecule has 3 nitrogen and oxygen atoms in total. The normalized spacial score (nSPS) is 10.9. The van der Waals surface area contributed by atoms with Crippen molar-refractivity contribution < 1.29 is 4.79 Å². The first-order chi connectivity index (χ1) is 8.27. The van der Waals surface area contributed by atoms with Crippen molar-refractivity contribution in [2.75, 3.05) is 0 Å². The second-order valence-electron chi connectivity index (χ2n) is 3.90. The van der Waals surface area contributed by atoms with E-state index in [9.17, 15) is 4.79 Å². The predicted molar refractivity (Wildman–Crippen MR) is 68.6 cm³/mol. The molecule has 0 bridgehead atoms. The molecule has 0 saturated heterocycles. The summed E-state index contributed by atoms with van der Waals surface area (Å²) >= 11 is 1.55. The number of thiophene rings is 1. The van der Waals surface area contributed by atoms with Gasteiger partial charge in [-0.15, -0.1) is 0 Å². The molecule has 0 spiro atoms. The molecular formula is C13H10N2OS. The second-order valence-corrected chi connectivity index (χ2v) is 4.64. The summed E-state index contributed by atoms with van der Waals surface area (Å²) in [4.78, 5) is 19.6. The Kier molecular flexibility index (Phi) is 2.30. The molecule has 0 aliphatic heterocycles. The fraction of sp³-hybridized carbons (Fsp3) is 0.0769. The van der Waals surface area contributed by atoms with Gasteiger partial charge in [0.05, 0.1) is 0 Å². The minimum atomic E-state index is 0.0583. The maximum atomic E-state index is 12.4. The highest BCUT2D eigenvalue weighted by Crippen LogP contribution is 2.22. The quantitative estimate of drug-likeness (QED) is 0.701. The highest BCUT2D eigenvalue weighted by molar-refractivity contribution is 7.08. The zero-order valence-corrected chi connectivity index (χ0v) is 10.0. The van der Waals surface area contributed by atoms with Crippen LogP contribution in [0.3, 0.4) is 0 Å². The number of carbonyl (C=O) groups is 1. The van der Waals surface area contributed by atoms with Gasteiger partial charge in [0.15, 0.2) is 5.78 Å². The molecule has 0 aliphatic rings. The monoisotopic (exact) mass is 242 g/mol. The summed E-state index contributed by atoms with van der Waals surface area (Å²) in [6.07, 6.45) is 3.44. The molecule has 4 heteroatoms. The second kappa shape index (κ2) is 3.82. The third kappa shape index (κ3) is 1.57. The lowest BCUT2D eigenvalue weighted by molar-refractivity contribution is 0.104. The van der Waals surface area contributed by atoms with Gasteiger partial charge in [-0.2, -0.15) is 11.3 Å². The number of pyridine rings is 1. The molecule has 84 valence electrons. The molecule has 3 rings (SSSR count). The molecular weight excluding hydrogens is 232 g/mol. The zero-order chi connectivity index (χ0) is 11.8. The Morgan fingerprint density at radius 2 is 2.24 bits per heavy atom. The smallest absolute Gasteiger partial charge is 0.196 e. The summed E-state index contributed by atoms with van der Waals surface area (Å²) in [5, 5.41) is 4.76. The number of aryl methyl sites for hydroxylation is 1. The topological polar surface area (TPSA) is 45.8 Å². The van der Waals surface area contributed by atoms with E-state index in [1.165, 1.54) is 0 Å². The molecule has 3 aromatic heterocycles. The Hall–Kier alpha value is -1.94. The molecule has 17 heavy (non-hydrogen) atoms. The summed E-state index contributed by atoms with van der Waals surface area (Å²) < 4.78 is 0. The summed E-state index contributed by atoms with van der Waals surface area (Å²) in [7, 11) is 0. The minimum Gasteiger partial charge on any atom is -0.345 e. The number of aromatic nitrogens is 2. The molecule has 0 aliphatic carbocycles. The Morgan fingerprint density at radius 3 is 3.00 bits per heavy atom. The molecule has 1 N–H and O–H groups in total. The van der Waals surface area contributed by atoms with Crippen molar-refractivity contribution in [2.45, 2.75) is 6.92 Å². The third-order valence-corrected chi connectivity index (χ3v) is 3.66. The van der Waals surface area contributed by atoms with E-state index in [-0.39, 0.29) is 5.78 Å². The average Bonchev–Trinajstić information content (AvgIpc) is 2.94. The Bertz CT molecular complexity index is 696. The summed E-state index contributed by atoms with van der Waals surface area (Å²) in [5.74, 6) is 0.0583. The molecule has 0 atom stereocenters. The molecule has 0 aromatic carbocycles. The molecule has 0 saturated carbocycles. The van der Waals surface area contributed by atoms with E-state index in [2.05, 4.69) is 9.97 Å². The van der Waals surface area contributed by atoms with Gasteiger partial charge >= 0.3 is 0 Å². The van der Waals surface area contributed by atoms with E-state index in [1.807, 2.05) is 29.8 Å². The van der Waals surface area contributed by atoms with Crippen LogP contribution >= 0.6 is 11.3 Å². The van der Waals surface area contributed by atoms with Gasteiger partial charge in [-0.25, -0.2) is 4.98 Å². The molecule has 0 amide bonds. The largest absolute Gasteiger partial charge is 0.345 e. The van der Waals surface area contributed by atoms with Crippen molar-refractivity contribution in [1.82, 2.24) is 9.97 Å². The van der Waals surface area contributed by atoms with Gasteiger partial charge < -0.3 is 4.98 Å². The van der Waals surface area contributed by atoms with E-state index in [4.69, 9.17) is 0 Å². The van der Waals surface area contributed by atoms with Crippen LogP contribution in [0.2, 0.25) is 0 Å². The molecule has 3 heterocycles. The lowest BCUT2D eigenvalue weighted by atomic mass is 10.0. The number of nitrogens with zero attached hydrogens (tertiary/aromatic N) is 1. The van der Waals surface area contributed by atoms with Crippen LogP contribution in [0.1, 0.15) is 21.5 Å². The van der Waals surface area contributed by atoms with Crippen molar-refractivity contribution in [3.05, 3.63) is 52.0 Å². The number of H-pyrrole nitrogens is 1. The molecule has 0 unspecified atom stereocenters. The summed E-state index contributed by atoms with van der Waals surface area (Å²) in [6, 6.07) is 3.75. The number of hydrogen-bond acceptors (Lipinski definition) is 3. The van der Waals surface area contributed by atoms with Crippen LogP contribution in [0.4, 0.5) is 0 Å². The van der Waals surface area contributed by atoms with Crippen molar-refractivity contribution in [3.63, 3.8) is 0 Å². The van der Waals surface area contributed by atoms with Crippen LogP contribution in [-0.2, 0) is 0 Å². The minimum absolute atomic E-state index is 0.0583. The Labute approximate surface area is 102 Å². The standard InChI is InChI=1S/C13H10N2OS/c1-8-6-17-7-11(8)12(16)10-5-15-13-9(10)3-2-4-14-13/h2-7H,1H3,(H,14,15). The summed E-state index contributed by atoms with van der Waals surface area (Å²) in [5.41, 5.74) is 3.25. The number of rotatable bonds is 2. The van der Waals surface area contributed by atoms with Crippen LogP contribution in [0.15, 0.2) is 35.3 Å². The van der Waals surface area contributed by atoms with Crippen LogP contribution in [-0.4, -0.2) is 15.8 Å². The summed E-state index contributed by atoms with van der Waals surface area (Å²) in [6.45, 7) is 1.96.